The summed E-state index contributed by atoms with van der Waals surface area (Å²) in [6.07, 6.45) is 8.70. The van der Waals surface area contributed by atoms with Crippen LogP contribution < -0.4 is 10.9 Å². The Morgan fingerprint density at radius 3 is 2.69 bits per heavy atom. The molecule has 32 heavy (non-hydrogen) atoms. The molecule has 174 valence electrons. The Morgan fingerprint density at radius 1 is 1.03 bits per heavy atom. The van der Waals surface area contributed by atoms with E-state index >= 15 is 0 Å². The molecule has 3 heterocycles. The SMILES string of the molecule is CCN(CCCOc1ccc2ncn(CCCN3CCCC3)c2c1)Cc1ccccn1.N. The summed E-state index contributed by atoms with van der Waals surface area (Å²) in [5.74, 6) is 0.932. The molecule has 7 nitrogen and oxygen atoms in total. The van der Waals surface area contributed by atoms with Crippen LogP contribution in [0.25, 0.3) is 11.0 Å². The van der Waals surface area contributed by atoms with Crippen molar-refractivity contribution < 1.29 is 4.74 Å². The van der Waals surface area contributed by atoms with Crippen molar-refractivity contribution in [3.63, 3.8) is 0 Å². The number of nitrogens with zero attached hydrogens (tertiary/aromatic N) is 5. The number of hydrogen-bond donors (Lipinski definition) is 1. The number of aryl methyl sites for hydroxylation is 1. The second-order valence-electron chi connectivity index (χ2n) is 8.38. The van der Waals surface area contributed by atoms with Crippen molar-refractivity contribution in [3.05, 3.63) is 54.6 Å². The van der Waals surface area contributed by atoms with E-state index in [1.165, 1.54) is 44.4 Å². The molecule has 3 aromatic rings. The summed E-state index contributed by atoms with van der Waals surface area (Å²) in [5, 5.41) is 0. The summed E-state index contributed by atoms with van der Waals surface area (Å²) in [4.78, 5) is 14.0. The topological polar surface area (TPSA) is 81.4 Å². The molecule has 1 aliphatic heterocycles. The number of imidazole rings is 1. The molecule has 3 N–H and O–H groups in total. The fourth-order valence-electron chi connectivity index (χ4n) is 4.32. The van der Waals surface area contributed by atoms with Crippen LogP contribution in [0.15, 0.2) is 48.9 Å². The quantitative estimate of drug-likeness (QED) is 0.423. The van der Waals surface area contributed by atoms with Gasteiger partial charge in [0.1, 0.15) is 5.75 Å². The van der Waals surface area contributed by atoms with Crippen LogP contribution in [-0.4, -0.2) is 63.7 Å². The lowest BCUT2D eigenvalue weighted by atomic mass is 10.3. The number of aromatic nitrogens is 3. The van der Waals surface area contributed by atoms with Gasteiger partial charge in [-0.25, -0.2) is 4.98 Å². The first-order valence-corrected chi connectivity index (χ1v) is 11.7. The number of hydrogen-bond acceptors (Lipinski definition) is 6. The van der Waals surface area contributed by atoms with Crippen LogP contribution in [0.5, 0.6) is 5.75 Å². The van der Waals surface area contributed by atoms with Crippen LogP contribution in [-0.2, 0) is 13.1 Å². The Kier molecular flexibility index (Phi) is 9.46. The summed E-state index contributed by atoms with van der Waals surface area (Å²) >= 11 is 0. The third-order valence-electron chi connectivity index (χ3n) is 6.11. The molecular formula is C25H38N6O. The molecule has 1 aliphatic rings. The molecule has 7 heteroatoms. The number of rotatable bonds is 12. The first kappa shape index (κ1) is 24.2. The fraction of sp³-hybridized carbons (Fsp3) is 0.520. The highest BCUT2D eigenvalue weighted by Crippen LogP contribution is 2.21. The van der Waals surface area contributed by atoms with Crippen LogP contribution in [0.1, 0.15) is 38.3 Å². The minimum Gasteiger partial charge on any atom is -0.493 e. The van der Waals surface area contributed by atoms with Crippen molar-refractivity contribution in [3.8, 4) is 5.75 Å². The molecule has 0 saturated carbocycles. The zero-order valence-electron chi connectivity index (χ0n) is 19.5. The largest absolute Gasteiger partial charge is 0.493 e. The summed E-state index contributed by atoms with van der Waals surface area (Å²) in [6, 6.07) is 12.3. The molecule has 0 bridgehead atoms. The Labute approximate surface area is 192 Å². The highest BCUT2D eigenvalue weighted by Gasteiger charge is 2.11. The maximum absolute atomic E-state index is 6.08. The highest BCUT2D eigenvalue weighted by molar-refractivity contribution is 5.77. The van der Waals surface area contributed by atoms with Gasteiger partial charge in [0, 0.05) is 31.9 Å². The van der Waals surface area contributed by atoms with Crippen molar-refractivity contribution in [2.75, 3.05) is 39.3 Å². The van der Waals surface area contributed by atoms with Gasteiger partial charge in [-0.15, -0.1) is 0 Å². The standard InChI is InChI=1S/C25H35N5O.H3N/c1-2-28(20-22-9-3-4-12-26-22)16-8-18-31-23-10-11-24-25(19-23)30(21-27-24)17-7-15-29-13-5-6-14-29;/h3-4,9-12,19,21H,2,5-8,13-18,20H2,1H3;1H3. The Bertz CT molecular complexity index is 923. The molecule has 0 unspecified atom stereocenters. The van der Waals surface area contributed by atoms with Crippen LogP contribution in [0.3, 0.4) is 0 Å². The normalized spacial score (nSPS) is 14.2. The number of ether oxygens (including phenoxy) is 1. The molecule has 0 amide bonds. The predicted molar refractivity (Wildman–Crippen MR) is 130 cm³/mol. The maximum atomic E-state index is 6.08. The average molecular weight is 439 g/mol. The fourth-order valence-corrected chi connectivity index (χ4v) is 4.32. The lowest BCUT2D eigenvalue weighted by Gasteiger charge is -2.20. The molecule has 2 aromatic heterocycles. The maximum Gasteiger partial charge on any atom is 0.121 e. The van der Waals surface area contributed by atoms with E-state index in [-0.39, 0.29) is 6.15 Å². The average Bonchev–Trinajstić information content (AvgIpc) is 3.47. The van der Waals surface area contributed by atoms with Crippen molar-refractivity contribution in [2.24, 2.45) is 0 Å². The van der Waals surface area contributed by atoms with E-state index < -0.39 is 0 Å². The zero-order chi connectivity index (χ0) is 21.3. The van der Waals surface area contributed by atoms with Crippen molar-refractivity contribution >= 4 is 11.0 Å². The van der Waals surface area contributed by atoms with E-state index in [1.807, 2.05) is 30.7 Å². The summed E-state index contributed by atoms with van der Waals surface area (Å²) in [7, 11) is 0. The molecule has 1 saturated heterocycles. The van der Waals surface area contributed by atoms with Gasteiger partial charge in [-0.3, -0.25) is 9.88 Å². The van der Waals surface area contributed by atoms with Crippen LogP contribution >= 0.6 is 0 Å². The van der Waals surface area contributed by atoms with Gasteiger partial charge in [0.25, 0.3) is 0 Å². The van der Waals surface area contributed by atoms with Gasteiger partial charge in [0.15, 0.2) is 0 Å². The summed E-state index contributed by atoms with van der Waals surface area (Å²) in [5.41, 5.74) is 3.33. The van der Waals surface area contributed by atoms with E-state index in [0.717, 1.165) is 49.6 Å². The van der Waals surface area contributed by atoms with E-state index in [2.05, 4.69) is 49.5 Å². The van der Waals surface area contributed by atoms with Gasteiger partial charge in [-0.1, -0.05) is 13.0 Å². The number of pyridine rings is 1. The Hall–Kier alpha value is -2.48. The molecule has 0 aliphatic carbocycles. The van der Waals surface area contributed by atoms with E-state index in [1.54, 1.807) is 0 Å². The predicted octanol–water partition coefficient (Wildman–Crippen LogP) is 4.37. The van der Waals surface area contributed by atoms with Crippen LogP contribution in [0.4, 0.5) is 0 Å². The molecule has 4 rings (SSSR count). The lowest BCUT2D eigenvalue weighted by Crippen LogP contribution is -2.25. The second-order valence-corrected chi connectivity index (χ2v) is 8.38. The minimum atomic E-state index is 0. The minimum absolute atomic E-state index is 0. The van der Waals surface area contributed by atoms with Gasteiger partial charge >= 0.3 is 0 Å². The van der Waals surface area contributed by atoms with E-state index in [4.69, 9.17) is 4.74 Å². The van der Waals surface area contributed by atoms with Crippen LogP contribution in [0.2, 0.25) is 0 Å². The zero-order valence-corrected chi connectivity index (χ0v) is 19.5. The first-order chi connectivity index (χ1) is 15.3. The first-order valence-electron chi connectivity index (χ1n) is 11.7. The molecule has 0 spiro atoms. The van der Waals surface area contributed by atoms with E-state index in [0.29, 0.717) is 6.61 Å². The number of fused-ring (bicyclic) bond motifs is 1. The van der Waals surface area contributed by atoms with Gasteiger partial charge in [0.05, 0.1) is 29.7 Å². The number of likely N-dealkylation sites (tertiary alicyclic amines) is 1. The Balaban J connectivity index is 0.00000289. The third kappa shape index (κ3) is 6.76. The van der Waals surface area contributed by atoms with Crippen molar-refractivity contribution in [1.82, 2.24) is 30.5 Å². The Morgan fingerprint density at radius 2 is 1.91 bits per heavy atom. The summed E-state index contributed by atoms with van der Waals surface area (Å²) in [6.45, 7) is 10.5. The summed E-state index contributed by atoms with van der Waals surface area (Å²) < 4.78 is 8.35. The van der Waals surface area contributed by atoms with E-state index in [9.17, 15) is 0 Å². The van der Waals surface area contributed by atoms with Crippen LogP contribution in [0, 0.1) is 0 Å². The molecule has 0 radical (unpaired) electrons. The molecular weight excluding hydrogens is 400 g/mol. The molecule has 1 fully saturated rings. The lowest BCUT2D eigenvalue weighted by molar-refractivity contribution is 0.234. The van der Waals surface area contributed by atoms with Gasteiger partial charge in [-0.05, 0) is 76.1 Å². The molecule has 1 aromatic carbocycles. The smallest absolute Gasteiger partial charge is 0.121 e. The second kappa shape index (κ2) is 12.5. The van der Waals surface area contributed by atoms with Gasteiger partial charge < -0.3 is 20.4 Å². The highest BCUT2D eigenvalue weighted by atomic mass is 16.5. The molecule has 0 atom stereocenters. The van der Waals surface area contributed by atoms with Gasteiger partial charge in [0.2, 0.25) is 0 Å². The van der Waals surface area contributed by atoms with Crippen molar-refractivity contribution in [1.29, 1.82) is 0 Å². The monoisotopic (exact) mass is 438 g/mol. The van der Waals surface area contributed by atoms with Crippen molar-refractivity contribution in [2.45, 2.75) is 45.7 Å². The van der Waals surface area contributed by atoms with Gasteiger partial charge in [-0.2, -0.15) is 0 Å². The number of benzene rings is 1. The third-order valence-corrected chi connectivity index (χ3v) is 6.11.